The zero-order valence-corrected chi connectivity index (χ0v) is 19.6. The van der Waals surface area contributed by atoms with E-state index in [-0.39, 0.29) is 12.0 Å². The molecule has 0 aromatic carbocycles. The van der Waals surface area contributed by atoms with Crippen LogP contribution in [0.1, 0.15) is 40.0 Å². The van der Waals surface area contributed by atoms with E-state index in [4.69, 9.17) is 14.5 Å². The van der Waals surface area contributed by atoms with Gasteiger partial charge in [-0.05, 0) is 42.3 Å². The van der Waals surface area contributed by atoms with Crippen molar-refractivity contribution in [2.75, 3.05) is 31.6 Å². The Morgan fingerprint density at radius 1 is 1.09 bits per heavy atom. The summed E-state index contributed by atoms with van der Waals surface area (Å²) < 4.78 is 11.2. The Morgan fingerprint density at radius 3 is 2.59 bits per heavy atom. The number of aryl methyl sites for hydroxylation is 1. The maximum Gasteiger partial charge on any atom is 0.256 e. The lowest BCUT2D eigenvalue weighted by Gasteiger charge is -2.35. The molecular weight excluding hydrogens is 430 g/mol. The number of anilines is 1. The molecule has 3 aromatic rings. The van der Waals surface area contributed by atoms with E-state index in [9.17, 15) is 4.79 Å². The molecule has 0 N–H and O–H groups in total. The van der Waals surface area contributed by atoms with Crippen LogP contribution in [0, 0.1) is 6.92 Å². The van der Waals surface area contributed by atoms with E-state index in [0.29, 0.717) is 19.0 Å². The number of pyridine rings is 3. The van der Waals surface area contributed by atoms with Crippen molar-refractivity contribution in [3.8, 4) is 11.6 Å². The second-order valence-electron chi connectivity index (χ2n) is 8.80. The molecule has 1 saturated heterocycles. The molecule has 0 saturated carbocycles. The van der Waals surface area contributed by atoms with E-state index in [2.05, 4.69) is 14.9 Å². The van der Waals surface area contributed by atoms with Gasteiger partial charge >= 0.3 is 0 Å². The smallest absolute Gasteiger partial charge is 0.256 e. The SMILES string of the molecule is COc1ccc(OC2CCN(c3nc4c(cc3C)C(=O)N(Cc3ccncc3)CC4)CC2)cn1. The van der Waals surface area contributed by atoms with Gasteiger partial charge in [0.2, 0.25) is 5.88 Å². The minimum Gasteiger partial charge on any atom is -0.489 e. The van der Waals surface area contributed by atoms with E-state index in [1.54, 1.807) is 25.7 Å². The Bertz CT molecular complexity index is 1150. The standard InChI is InChI=1S/C26H29N5O3/c1-18-15-22-23(9-14-31(26(22)32)17-19-5-10-27-11-6-19)29-25(18)30-12-7-20(8-13-30)34-21-3-4-24(33-2)28-16-21/h3-6,10-11,15-16,20H,7-9,12-14,17H2,1-2H3. The zero-order chi connectivity index (χ0) is 23.5. The summed E-state index contributed by atoms with van der Waals surface area (Å²) in [5.74, 6) is 2.38. The third-order valence-electron chi connectivity index (χ3n) is 6.49. The van der Waals surface area contributed by atoms with Gasteiger partial charge in [-0.1, -0.05) is 0 Å². The van der Waals surface area contributed by atoms with Crippen LogP contribution >= 0.6 is 0 Å². The molecule has 1 amide bonds. The third-order valence-corrected chi connectivity index (χ3v) is 6.49. The first-order valence-electron chi connectivity index (χ1n) is 11.7. The second kappa shape index (κ2) is 9.67. The Kier molecular flexibility index (Phi) is 6.29. The highest BCUT2D eigenvalue weighted by Gasteiger charge is 2.29. The summed E-state index contributed by atoms with van der Waals surface area (Å²) in [7, 11) is 1.60. The van der Waals surface area contributed by atoms with Crippen LogP contribution in [0.5, 0.6) is 11.6 Å². The molecule has 0 unspecified atom stereocenters. The van der Waals surface area contributed by atoms with E-state index in [1.165, 1.54) is 0 Å². The minimum absolute atomic E-state index is 0.0559. The molecule has 0 aliphatic carbocycles. The number of hydrogen-bond donors (Lipinski definition) is 0. The van der Waals surface area contributed by atoms with Crippen molar-refractivity contribution in [1.29, 1.82) is 0 Å². The summed E-state index contributed by atoms with van der Waals surface area (Å²) in [6, 6.07) is 9.62. The van der Waals surface area contributed by atoms with Gasteiger partial charge in [-0.15, -0.1) is 0 Å². The number of aromatic nitrogens is 3. The number of methoxy groups -OCH3 is 1. The highest BCUT2D eigenvalue weighted by atomic mass is 16.5. The molecule has 0 atom stereocenters. The molecule has 0 bridgehead atoms. The van der Waals surface area contributed by atoms with Crippen LogP contribution in [0.4, 0.5) is 5.82 Å². The maximum atomic E-state index is 13.1. The van der Waals surface area contributed by atoms with Crippen molar-refractivity contribution in [3.05, 3.63) is 71.3 Å². The lowest BCUT2D eigenvalue weighted by atomic mass is 10.0. The normalized spacial score (nSPS) is 16.4. The first kappa shape index (κ1) is 22.1. The molecule has 5 heterocycles. The van der Waals surface area contributed by atoms with Crippen LogP contribution in [0.25, 0.3) is 0 Å². The van der Waals surface area contributed by atoms with Gasteiger partial charge in [-0.2, -0.15) is 0 Å². The Labute approximate surface area is 199 Å². The largest absolute Gasteiger partial charge is 0.489 e. The quantitative estimate of drug-likeness (QED) is 0.559. The summed E-state index contributed by atoms with van der Waals surface area (Å²) in [5, 5.41) is 0. The number of amides is 1. The monoisotopic (exact) mass is 459 g/mol. The molecule has 176 valence electrons. The van der Waals surface area contributed by atoms with Crippen LogP contribution in [-0.4, -0.2) is 58.6 Å². The van der Waals surface area contributed by atoms with Gasteiger partial charge in [0.1, 0.15) is 17.7 Å². The van der Waals surface area contributed by atoms with Crippen molar-refractivity contribution >= 4 is 11.7 Å². The fourth-order valence-electron chi connectivity index (χ4n) is 4.64. The predicted octanol–water partition coefficient (Wildman–Crippen LogP) is 3.43. The molecule has 34 heavy (non-hydrogen) atoms. The Morgan fingerprint density at radius 2 is 1.88 bits per heavy atom. The second-order valence-corrected chi connectivity index (χ2v) is 8.80. The molecule has 2 aliphatic heterocycles. The number of fused-ring (bicyclic) bond motifs is 1. The van der Waals surface area contributed by atoms with E-state index in [1.807, 2.05) is 42.2 Å². The van der Waals surface area contributed by atoms with Crippen molar-refractivity contribution < 1.29 is 14.3 Å². The molecular formula is C26H29N5O3. The fourth-order valence-corrected chi connectivity index (χ4v) is 4.64. The lowest BCUT2D eigenvalue weighted by Crippen LogP contribution is -2.40. The van der Waals surface area contributed by atoms with E-state index < -0.39 is 0 Å². The number of ether oxygens (including phenoxy) is 2. The molecule has 2 aliphatic rings. The lowest BCUT2D eigenvalue weighted by molar-refractivity contribution is 0.0725. The summed E-state index contributed by atoms with van der Waals surface area (Å²) in [6.45, 7) is 5.05. The minimum atomic E-state index is 0.0559. The predicted molar refractivity (Wildman–Crippen MR) is 128 cm³/mol. The molecule has 5 rings (SSSR count). The highest BCUT2D eigenvalue weighted by Crippen LogP contribution is 2.29. The number of carbonyl (C=O) groups is 1. The van der Waals surface area contributed by atoms with Crippen molar-refractivity contribution in [3.63, 3.8) is 0 Å². The number of rotatable bonds is 6. The molecule has 8 heteroatoms. The topological polar surface area (TPSA) is 80.7 Å². The van der Waals surface area contributed by atoms with E-state index in [0.717, 1.165) is 66.3 Å². The molecule has 8 nitrogen and oxygen atoms in total. The first-order chi connectivity index (χ1) is 16.6. The summed E-state index contributed by atoms with van der Waals surface area (Å²) in [5.41, 5.74) is 3.76. The average molecular weight is 460 g/mol. The Hall–Kier alpha value is -3.68. The van der Waals surface area contributed by atoms with Gasteiger partial charge in [0.25, 0.3) is 5.91 Å². The van der Waals surface area contributed by atoms with Crippen LogP contribution < -0.4 is 14.4 Å². The summed E-state index contributed by atoms with van der Waals surface area (Å²) in [6.07, 6.45) is 7.95. The average Bonchev–Trinajstić information content (AvgIpc) is 2.87. The van der Waals surface area contributed by atoms with Gasteiger partial charge in [0, 0.05) is 63.9 Å². The van der Waals surface area contributed by atoms with Crippen LogP contribution in [0.15, 0.2) is 48.9 Å². The summed E-state index contributed by atoms with van der Waals surface area (Å²) in [4.78, 5) is 30.6. The van der Waals surface area contributed by atoms with Crippen molar-refractivity contribution in [2.24, 2.45) is 0 Å². The number of carbonyl (C=O) groups excluding carboxylic acids is 1. The van der Waals surface area contributed by atoms with E-state index >= 15 is 0 Å². The third kappa shape index (κ3) is 4.66. The van der Waals surface area contributed by atoms with Gasteiger partial charge in [-0.25, -0.2) is 9.97 Å². The molecule has 0 radical (unpaired) electrons. The van der Waals surface area contributed by atoms with Crippen LogP contribution in [0.2, 0.25) is 0 Å². The van der Waals surface area contributed by atoms with Gasteiger partial charge < -0.3 is 19.3 Å². The fraction of sp³-hybridized carbons (Fsp3) is 0.385. The van der Waals surface area contributed by atoms with Crippen molar-refractivity contribution in [2.45, 2.75) is 38.8 Å². The maximum absolute atomic E-state index is 13.1. The van der Waals surface area contributed by atoms with Gasteiger partial charge in [0.05, 0.1) is 24.6 Å². The Balaban J connectivity index is 1.23. The number of nitrogens with zero attached hydrogens (tertiary/aromatic N) is 5. The molecule has 1 fully saturated rings. The zero-order valence-electron chi connectivity index (χ0n) is 19.6. The highest BCUT2D eigenvalue weighted by molar-refractivity contribution is 5.96. The van der Waals surface area contributed by atoms with Gasteiger partial charge in [0.15, 0.2) is 0 Å². The van der Waals surface area contributed by atoms with Crippen molar-refractivity contribution in [1.82, 2.24) is 19.9 Å². The molecule has 0 spiro atoms. The van der Waals surface area contributed by atoms with Gasteiger partial charge in [-0.3, -0.25) is 9.78 Å². The number of hydrogen-bond acceptors (Lipinski definition) is 7. The summed E-state index contributed by atoms with van der Waals surface area (Å²) >= 11 is 0. The van der Waals surface area contributed by atoms with Crippen LogP contribution in [-0.2, 0) is 13.0 Å². The first-order valence-corrected chi connectivity index (χ1v) is 11.7. The number of piperidine rings is 1. The van der Waals surface area contributed by atoms with Crippen LogP contribution in [0.3, 0.4) is 0 Å². The molecule has 3 aromatic heterocycles.